The fraction of sp³-hybridized carbons (Fsp3) is 0.407. The maximum Gasteiger partial charge on any atom is 0.131 e. The molecule has 2 nitrogen and oxygen atoms in total. The summed E-state index contributed by atoms with van der Waals surface area (Å²) in [5.74, 6) is -0.833. The fourth-order valence-electron chi connectivity index (χ4n) is 4.48. The summed E-state index contributed by atoms with van der Waals surface area (Å²) in [4.78, 5) is 2.49. The number of hydrogen-bond donors (Lipinski definition) is 0. The monoisotopic (exact) mass is 424 g/mol. The Labute approximate surface area is 185 Å². The lowest BCUT2D eigenvalue weighted by Crippen LogP contribution is -2.38. The van der Waals surface area contributed by atoms with Gasteiger partial charge in [0.15, 0.2) is 0 Å². The van der Waals surface area contributed by atoms with Crippen LogP contribution in [0.1, 0.15) is 58.3 Å². The molecule has 4 heteroatoms. The van der Waals surface area contributed by atoms with E-state index in [1.165, 1.54) is 23.8 Å². The number of rotatable bonds is 8. The maximum absolute atomic E-state index is 14.6. The van der Waals surface area contributed by atoms with E-state index in [9.17, 15) is 8.78 Å². The molecule has 1 aromatic heterocycles. The van der Waals surface area contributed by atoms with Crippen molar-refractivity contribution >= 4 is 0 Å². The highest BCUT2D eigenvalue weighted by molar-refractivity contribution is 5.65. The average molecular weight is 425 g/mol. The molecule has 2 aromatic carbocycles. The molecular weight excluding hydrogens is 390 g/mol. The van der Waals surface area contributed by atoms with Crippen molar-refractivity contribution in [2.75, 3.05) is 13.1 Å². The molecule has 0 radical (unpaired) electrons. The predicted octanol–water partition coefficient (Wildman–Crippen LogP) is 7.30. The Morgan fingerprint density at radius 2 is 1.68 bits per heavy atom. The van der Waals surface area contributed by atoms with Crippen LogP contribution in [0.4, 0.5) is 8.78 Å². The van der Waals surface area contributed by atoms with Gasteiger partial charge in [-0.1, -0.05) is 65.0 Å². The third kappa shape index (κ3) is 5.43. The molecule has 0 saturated heterocycles. The Kier molecular flexibility index (Phi) is 7.32. The van der Waals surface area contributed by atoms with Crippen LogP contribution in [0.25, 0.3) is 11.1 Å². The number of hydrogen-bond acceptors (Lipinski definition) is 1. The average Bonchev–Trinajstić information content (AvgIpc) is 3.12. The smallest absolute Gasteiger partial charge is 0.131 e. The summed E-state index contributed by atoms with van der Waals surface area (Å²) in [6, 6.07) is 16.1. The Balaban J connectivity index is 2.17. The van der Waals surface area contributed by atoms with Crippen molar-refractivity contribution in [3.8, 4) is 11.1 Å². The van der Waals surface area contributed by atoms with Gasteiger partial charge >= 0.3 is 0 Å². The second-order valence-corrected chi connectivity index (χ2v) is 9.29. The number of aromatic nitrogens is 1. The molecule has 0 unspecified atom stereocenters. The van der Waals surface area contributed by atoms with Gasteiger partial charge in [0.05, 0.1) is 6.04 Å². The standard InChI is InChI=1S/C27H34F2N2/c1-6-15-30(7-2)26(27(3,4)5)25-16-21(23-17-22(28)13-14-24(23)29)19-31(25)18-20-11-9-8-10-12-20/h8-14,16-17,19,26H,6-7,15,18H2,1-5H3/t26-/m0/s1. The second kappa shape index (κ2) is 9.78. The first-order valence-corrected chi connectivity index (χ1v) is 11.2. The molecule has 0 bridgehead atoms. The number of benzene rings is 2. The van der Waals surface area contributed by atoms with Crippen molar-refractivity contribution < 1.29 is 8.78 Å². The van der Waals surface area contributed by atoms with Gasteiger partial charge in [-0.25, -0.2) is 8.78 Å². The van der Waals surface area contributed by atoms with E-state index >= 15 is 0 Å². The molecule has 0 fully saturated rings. The highest BCUT2D eigenvalue weighted by Crippen LogP contribution is 2.40. The SMILES string of the molecule is CCCN(CC)[C@@H](c1cc(-c2cc(F)ccc2F)cn1Cc1ccccc1)C(C)(C)C. The molecule has 0 saturated carbocycles. The van der Waals surface area contributed by atoms with E-state index in [0.717, 1.165) is 25.2 Å². The van der Waals surface area contributed by atoms with Crippen LogP contribution in [0.3, 0.4) is 0 Å². The molecule has 3 rings (SSSR count). The zero-order chi connectivity index (χ0) is 22.6. The molecule has 0 aliphatic carbocycles. The van der Waals surface area contributed by atoms with Crippen LogP contribution < -0.4 is 0 Å². The summed E-state index contributed by atoms with van der Waals surface area (Å²) >= 11 is 0. The van der Waals surface area contributed by atoms with E-state index in [1.807, 2.05) is 24.4 Å². The lowest BCUT2D eigenvalue weighted by Gasteiger charge is -2.40. The molecule has 1 heterocycles. The van der Waals surface area contributed by atoms with Crippen LogP contribution >= 0.6 is 0 Å². The maximum atomic E-state index is 14.6. The quantitative estimate of drug-likeness (QED) is 0.368. The zero-order valence-corrected chi connectivity index (χ0v) is 19.3. The highest BCUT2D eigenvalue weighted by atomic mass is 19.1. The zero-order valence-electron chi connectivity index (χ0n) is 19.3. The van der Waals surface area contributed by atoms with Gasteiger partial charge < -0.3 is 4.57 Å². The molecule has 0 spiro atoms. The lowest BCUT2D eigenvalue weighted by atomic mass is 9.83. The molecule has 0 aliphatic rings. The molecule has 1 atom stereocenters. The molecular formula is C27H34F2N2. The van der Waals surface area contributed by atoms with Gasteiger partial charge in [0.25, 0.3) is 0 Å². The van der Waals surface area contributed by atoms with Crippen molar-refractivity contribution in [1.29, 1.82) is 0 Å². The summed E-state index contributed by atoms with van der Waals surface area (Å²) < 4.78 is 30.8. The van der Waals surface area contributed by atoms with Crippen LogP contribution in [0, 0.1) is 17.0 Å². The summed E-state index contributed by atoms with van der Waals surface area (Å²) in [7, 11) is 0. The van der Waals surface area contributed by atoms with Gasteiger partial charge in [-0.15, -0.1) is 0 Å². The molecule has 0 N–H and O–H groups in total. The van der Waals surface area contributed by atoms with Gasteiger partial charge in [-0.2, -0.15) is 0 Å². The van der Waals surface area contributed by atoms with Crippen molar-refractivity contribution in [3.05, 3.63) is 83.7 Å². The summed E-state index contributed by atoms with van der Waals surface area (Å²) in [5, 5.41) is 0. The first kappa shape index (κ1) is 23.2. The minimum absolute atomic E-state index is 0.0320. The van der Waals surface area contributed by atoms with Crippen molar-refractivity contribution in [2.45, 2.75) is 53.6 Å². The van der Waals surface area contributed by atoms with Gasteiger partial charge in [0.2, 0.25) is 0 Å². The summed E-state index contributed by atoms with van der Waals surface area (Å²) in [6.07, 6.45) is 3.03. The number of halogens is 2. The minimum Gasteiger partial charge on any atom is -0.345 e. The van der Waals surface area contributed by atoms with E-state index in [2.05, 4.69) is 62.3 Å². The first-order chi connectivity index (χ1) is 14.7. The summed E-state index contributed by atoms with van der Waals surface area (Å²) in [6.45, 7) is 13.7. The third-order valence-electron chi connectivity index (χ3n) is 5.75. The summed E-state index contributed by atoms with van der Waals surface area (Å²) in [5.41, 5.74) is 3.29. The topological polar surface area (TPSA) is 8.17 Å². The van der Waals surface area contributed by atoms with E-state index in [0.29, 0.717) is 17.7 Å². The Hall–Kier alpha value is -2.46. The third-order valence-corrected chi connectivity index (χ3v) is 5.75. The second-order valence-electron chi connectivity index (χ2n) is 9.29. The molecule has 166 valence electrons. The van der Waals surface area contributed by atoms with Crippen LogP contribution in [0.2, 0.25) is 0 Å². The minimum atomic E-state index is -0.428. The van der Waals surface area contributed by atoms with E-state index < -0.39 is 11.6 Å². The van der Waals surface area contributed by atoms with E-state index in [1.54, 1.807) is 0 Å². The molecule has 31 heavy (non-hydrogen) atoms. The molecule has 0 amide bonds. The largest absolute Gasteiger partial charge is 0.345 e. The first-order valence-electron chi connectivity index (χ1n) is 11.2. The molecule has 0 aliphatic heterocycles. The van der Waals surface area contributed by atoms with Crippen LogP contribution in [-0.2, 0) is 6.54 Å². The normalized spacial score (nSPS) is 13.0. The van der Waals surface area contributed by atoms with Crippen LogP contribution in [-0.4, -0.2) is 22.6 Å². The van der Waals surface area contributed by atoms with Gasteiger partial charge in [-0.05, 0) is 54.8 Å². The highest BCUT2D eigenvalue weighted by Gasteiger charge is 2.33. The van der Waals surface area contributed by atoms with Crippen molar-refractivity contribution in [3.63, 3.8) is 0 Å². The molecule has 3 aromatic rings. The fourth-order valence-corrected chi connectivity index (χ4v) is 4.48. The van der Waals surface area contributed by atoms with Crippen molar-refractivity contribution in [2.24, 2.45) is 5.41 Å². The predicted molar refractivity (Wildman–Crippen MR) is 125 cm³/mol. The lowest BCUT2D eigenvalue weighted by molar-refractivity contribution is 0.0979. The Morgan fingerprint density at radius 3 is 2.29 bits per heavy atom. The number of nitrogens with zero attached hydrogens (tertiary/aromatic N) is 2. The van der Waals surface area contributed by atoms with Crippen molar-refractivity contribution in [1.82, 2.24) is 9.47 Å². The van der Waals surface area contributed by atoms with Crippen LogP contribution in [0.15, 0.2) is 60.8 Å². The van der Waals surface area contributed by atoms with E-state index in [-0.39, 0.29) is 11.5 Å². The van der Waals surface area contributed by atoms with Gasteiger partial charge in [0.1, 0.15) is 11.6 Å². The Bertz CT molecular complexity index is 986. The van der Waals surface area contributed by atoms with Gasteiger partial charge in [0, 0.05) is 29.6 Å². The van der Waals surface area contributed by atoms with Crippen LogP contribution in [0.5, 0.6) is 0 Å². The van der Waals surface area contributed by atoms with E-state index in [4.69, 9.17) is 0 Å². The Morgan fingerprint density at radius 1 is 0.968 bits per heavy atom. The van der Waals surface area contributed by atoms with Gasteiger partial charge in [-0.3, -0.25) is 4.90 Å².